The van der Waals surface area contributed by atoms with Crippen LogP contribution in [0.3, 0.4) is 0 Å². The molecule has 2 aromatic rings. The van der Waals surface area contributed by atoms with E-state index in [0.717, 1.165) is 0 Å². The Kier molecular flexibility index (Phi) is 16.3. The van der Waals surface area contributed by atoms with Gasteiger partial charge in [0.25, 0.3) is 0 Å². The molecule has 0 N–H and O–H groups in total. The Hall–Kier alpha value is -0.835. The molecule has 0 aliphatic carbocycles. The van der Waals surface area contributed by atoms with Crippen molar-refractivity contribution in [3.05, 3.63) is 65.7 Å². The second-order valence-electron chi connectivity index (χ2n) is 22.0. The van der Waals surface area contributed by atoms with Crippen molar-refractivity contribution in [1.82, 2.24) is 0 Å². The lowest BCUT2D eigenvalue weighted by Gasteiger charge is -2.64. The van der Waals surface area contributed by atoms with E-state index in [1.807, 2.05) is 42.5 Å². The lowest BCUT2D eigenvalue weighted by Crippen LogP contribution is -2.88. The predicted octanol–water partition coefficient (Wildman–Crippen LogP) is 11.1. The molecule has 14 nitrogen and oxygen atoms in total. The summed E-state index contributed by atoms with van der Waals surface area (Å²) in [5.74, 6) is 1.19. The standard InChI is InChI=1S/C44H78O14Si8/c1-34(2)27-60-47-59(26-18-25-46-43-23-21-42(22-24-43)44(45)41-19-16-15-17-20-41)48-61(28-35(3)4)52-63(50-60,30-37(7)8)56-66(33-40(13)14)57-64(51-60,31-38(9)10)53-62(49-59,29-36(5)6)55-65(54-61,58-66)32-39(11)12/h15-17,19-24,34-40H,18,25-33H2,1-14H3. The first kappa shape index (κ1) is 53.0. The van der Waals surface area contributed by atoms with E-state index in [9.17, 15) is 4.79 Å². The maximum atomic E-state index is 13.2. The average molecular weight is 1060 g/mol. The highest BCUT2D eigenvalue weighted by molar-refractivity contribution is 7.03. The third-order valence-corrected chi connectivity index (χ3v) is 51.4. The van der Waals surface area contributed by atoms with E-state index in [4.69, 9.17) is 54.1 Å². The number of rotatable bonds is 21. The summed E-state index contributed by atoms with van der Waals surface area (Å²) in [5.41, 5.74) is 1.23. The predicted molar refractivity (Wildman–Crippen MR) is 268 cm³/mol. The fourth-order valence-electron chi connectivity index (χ4n) is 9.81. The zero-order valence-corrected chi connectivity index (χ0v) is 50.0. The molecule has 2 aromatic carbocycles. The molecule has 6 fully saturated rings. The minimum atomic E-state index is -4.11. The van der Waals surface area contributed by atoms with Gasteiger partial charge in [-0.3, -0.25) is 4.79 Å². The van der Waals surface area contributed by atoms with Crippen LogP contribution in [0.2, 0.25) is 48.4 Å². The number of benzene rings is 2. The van der Waals surface area contributed by atoms with Crippen LogP contribution in [-0.4, -0.2) is 82.8 Å². The Labute approximate surface area is 404 Å². The Morgan fingerprint density at radius 2 is 0.636 bits per heavy atom. The SMILES string of the molecule is CC(C)C[Si]12O[Si]3(CCCOc4ccc(C(=O)c5ccccc5)cc4)O[Si]4(CC(C)C)O[Si](CC(C)C)(O1)O[Si]1(CC(C)C)O[Si](CC(C)C)(O2)O[Si](CC(C)C)(O3)O[Si](CC(C)C)(O4)O1. The molecule has 22 heteroatoms. The molecule has 0 spiro atoms. The number of ketones is 1. The highest BCUT2D eigenvalue weighted by Gasteiger charge is 2.83. The first-order valence-corrected chi connectivity index (χ1v) is 40.1. The molecule has 8 bridgehead atoms. The van der Waals surface area contributed by atoms with Gasteiger partial charge < -0.3 is 54.1 Å². The molecular formula is C44H78O14Si8. The van der Waals surface area contributed by atoms with E-state index < -0.39 is 70.4 Å². The minimum Gasteiger partial charge on any atom is -0.494 e. The van der Waals surface area contributed by atoms with Crippen molar-refractivity contribution in [3.8, 4) is 5.75 Å². The van der Waals surface area contributed by atoms with Crippen molar-refractivity contribution < 1.29 is 58.9 Å². The molecule has 8 rings (SSSR count). The van der Waals surface area contributed by atoms with Gasteiger partial charge in [-0.05, 0) is 72.1 Å². The molecule has 6 aliphatic heterocycles. The molecule has 6 aliphatic rings. The third-order valence-electron chi connectivity index (χ3n) is 11.4. The quantitative estimate of drug-likeness (QED) is 0.0666. The molecular weight excluding hydrogens is 977 g/mol. The Morgan fingerprint density at radius 3 is 0.909 bits per heavy atom. The highest BCUT2D eigenvalue weighted by atomic mass is 28.6. The van der Waals surface area contributed by atoms with Gasteiger partial charge in [-0.1, -0.05) is 127 Å². The van der Waals surface area contributed by atoms with Crippen molar-refractivity contribution >= 4 is 76.2 Å². The van der Waals surface area contributed by atoms with Crippen LogP contribution in [0, 0.1) is 41.4 Å². The van der Waals surface area contributed by atoms with Crippen LogP contribution in [0.4, 0.5) is 0 Å². The van der Waals surface area contributed by atoms with Crippen molar-refractivity contribution in [2.24, 2.45) is 41.4 Å². The zero-order valence-electron chi connectivity index (χ0n) is 42.0. The summed E-state index contributed by atoms with van der Waals surface area (Å²) < 4.78 is 101. The molecule has 0 atom stereocenters. The van der Waals surface area contributed by atoms with Crippen molar-refractivity contribution in [1.29, 1.82) is 0 Å². The van der Waals surface area contributed by atoms with E-state index in [1.165, 1.54) is 0 Å². The van der Waals surface area contributed by atoms with Gasteiger partial charge in [0, 0.05) is 59.5 Å². The lowest BCUT2D eigenvalue weighted by molar-refractivity contribution is -0.0343. The van der Waals surface area contributed by atoms with Crippen LogP contribution in [0.15, 0.2) is 54.6 Å². The third kappa shape index (κ3) is 12.4. The maximum Gasteiger partial charge on any atom is 0.479 e. The second kappa shape index (κ2) is 20.3. The van der Waals surface area contributed by atoms with Gasteiger partial charge in [0.05, 0.1) is 6.61 Å². The van der Waals surface area contributed by atoms with E-state index in [1.54, 1.807) is 12.1 Å². The first-order valence-electron chi connectivity index (χ1n) is 24.6. The summed E-state index contributed by atoms with van der Waals surface area (Å²) in [6, 6.07) is 20.0. The average Bonchev–Trinajstić information content (AvgIpc) is 3.11. The van der Waals surface area contributed by atoms with E-state index in [2.05, 4.69) is 96.9 Å². The maximum absolute atomic E-state index is 13.2. The molecule has 6 heterocycles. The van der Waals surface area contributed by atoms with Gasteiger partial charge in [0.2, 0.25) is 0 Å². The molecule has 66 heavy (non-hydrogen) atoms. The van der Waals surface area contributed by atoms with Crippen LogP contribution in [0.5, 0.6) is 5.75 Å². The smallest absolute Gasteiger partial charge is 0.479 e. The van der Waals surface area contributed by atoms with Gasteiger partial charge in [-0.2, -0.15) is 0 Å². The largest absolute Gasteiger partial charge is 0.494 e. The molecule has 0 unspecified atom stereocenters. The van der Waals surface area contributed by atoms with Crippen LogP contribution >= 0.6 is 0 Å². The molecule has 370 valence electrons. The molecule has 0 amide bonds. The van der Waals surface area contributed by atoms with Crippen molar-refractivity contribution in [2.45, 2.75) is 152 Å². The number of hydrogen-bond donors (Lipinski definition) is 0. The van der Waals surface area contributed by atoms with Gasteiger partial charge in [0.1, 0.15) is 5.75 Å². The fourth-order valence-corrected chi connectivity index (χ4v) is 61.4. The number of ether oxygens (including phenoxy) is 1. The zero-order chi connectivity index (χ0) is 48.0. The van der Waals surface area contributed by atoms with Crippen LogP contribution in [-0.2, 0) is 49.4 Å². The topological polar surface area (TPSA) is 137 Å². The van der Waals surface area contributed by atoms with Gasteiger partial charge in [-0.15, -0.1) is 0 Å². The van der Waals surface area contributed by atoms with Crippen LogP contribution in [0.1, 0.15) is 119 Å². The number of hydrogen-bond acceptors (Lipinski definition) is 14. The molecule has 6 saturated heterocycles. The Morgan fingerprint density at radius 1 is 0.379 bits per heavy atom. The van der Waals surface area contributed by atoms with Crippen molar-refractivity contribution in [3.63, 3.8) is 0 Å². The fraction of sp³-hybridized carbons (Fsp3) is 0.705. The van der Waals surface area contributed by atoms with Crippen LogP contribution < -0.4 is 4.74 Å². The van der Waals surface area contributed by atoms with E-state index >= 15 is 0 Å². The van der Waals surface area contributed by atoms with Gasteiger partial charge in [0.15, 0.2) is 5.78 Å². The molecule has 0 aromatic heterocycles. The van der Waals surface area contributed by atoms with E-state index in [0.29, 0.717) is 78.3 Å². The summed E-state index contributed by atoms with van der Waals surface area (Å²) in [6.45, 7) is 30.5. The monoisotopic (exact) mass is 1050 g/mol. The summed E-state index contributed by atoms with van der Waals surface area (Å²) in [5, 5.41) is 0. The van der Waals surface area contributed by atoms with E-state index in [-0.39, 0.29) is 47.2 Å². The Balaban J connectivity index is 1.40. The summed E-state index contributed by atoms with van der Waals surface area (Å²) >= 11 is 0. The number of carbonyl (C=O) groups excluding carboxylic acids is 1. The van der Waals surface area contributed by atoms with Crippen LogP contribution in [0.25, 0.3) is 0 Å². The normalized spacial score (nSPS) is 35.3. The summed E-state index contributed by atoms with van der Waals surface area (Å²) in [4.78, 5) is 13.2. The Bertz CT molecular complexity index is 1810. The first-order chi connectivity index (χ1) is 30.9. The minimum absolute atomic E-state index is 0.0425. The number of carbonyl (C=O) groups is 1. The van der Waals surface area contributed by atoms with Gasteiger partial charge in [-0.25, -0.2) is 0 Å². The van der Waals surface area contributed by atoms with Crippen molar-refractivity contribution in [2.75, 3.05) is 6.61 Å². The highest BCUT2D eigenvalue weighted by Crippen LogP contribution is 2.56. The summed E-state index contributed by atoms with van der Waals surface area (Å²) in [7, 11) is -32.1. The summed E-state index contributed by atoms with van der Waals surface area (Å²) in [6.07, 6.45) is 0.479. The lowest BCUT2D eigenvalue weighted by atomic mass is 10.0. The molecule has 0 saturated carbocycles. The second-order valence-corrected chi connectivity index (χ2v) is 46.1. The van der Waals surface area contributed by atoms with Gasteiger partial charge >= 0.3 is 70.4 Å². The molecule has 0 radical (unpaired) electrons.